The number of rotatable bonds is 5. The minimum absolute atomic E-state index is 0.244. The Balaban J connectivity index is 1.56. The standard InChI is InChI=1S/C20H21Cl2N3O3S/c1-14-5-7-17(8-6-14)29(27,28)25-11-9-15(10-12-25)20(26)24-23-13-16-3-2-4-18(21)19(16)22/h2-8,13,15H,9-12H2,1H3,(H,24,26)/b23-13-. The molecule has 1 aliphatic rings. The minimum Gasteiger partial charge on any atom is -0.273 e. The Morgan fingerprint density at radius 3 is 2.45 bits per heavy atom. The lowest BCUT2D eigenvalue weighted by Crippen LogP contribution is -2.42. The lowest BCUT2D eigenvalue weighted by molar-refractivity contribution is -0.126. The zero-order valence-electron chi connectivity index (χ0n) is 15.8. The number of aryl methyl sites for hydroxylation is 1. The summed E-state index contributed by atoms with van der Waals surface area (Å²) in [6.45, 7) is 2.49. The first-order valence-corrected chi connectivity index (χ1v) is 11.3. The first-order valence-electron chi connectivity index (χ1n) is 9.13. The Morgan fingerprint density at radius 1 is 1.14 bits per heavy atom. The predicted molar refractivity (Wildman–Crippen MR) is 115 cm³/mol. The number of hydrogen-bond donors (Lipinski definition) is 1. The Bertz CT molecular complexity index is 1020. The highest BCUT2D eigenvalue weighted by Crippen LogP contribution is 2.25. The van der Waals surface area contributed by atoms with Gasteiger partial charge in [0.1, 0.15) is 0 Å². The summed E-state index contributed by atoms with van der Waals surface area (Å²) in [5.41, 5.74) is 4.09. The molecule has 154 valence electrons. The molecule has 1 N–H and O–H groups in total. The average molecular weight is 454 g/mol. The number of amides is 1. The Morgan fingerprint density at radius 2 is 1.79 bits per heavy atom. The van der Waals surface area contributed by atoms with Crippen molar-refractivity contribution in [3.8, 4) is 0 Å². The molecule has 0 aliphatic carbocycles. The molecule has 0 aromatic heterocycles. The van der Waals surface area contributed by atoms with E-state index in [-0.39, 0.29) is 29.8 Å². The van der Waals surface area contributed by atoms with Crippen molar-refractivity contribution < 1.29 is 13.2 Å². The van der Waals surface area contributed by atoms with E-state index in [0.29, 0.717) is 28.5 Å². The molecule has 0 bridgehead atoms. The van der Waals surface area contributed by atoms with Crippen molar-refractivity contribution in [3.05, 3.63) is 63.6 Å². The molecule has 1 saturated heterocycles. The van der Waals surface area contributed by atoms with Gasteiger partial charge in [-0.25, -0.2) is 13.8 Å². The number of benzene rings is 2. The smallest absolute Gasteiger partial charge is 0.243 e. The van der Waals surface area contributed by atoms with Gasteiger partial charge in [-0.05, 0) is 38.0 Å². The van der Waals surface area contributed by atoms with Crippen molar-refractivity contribution in [2.45, 2.75) is 24.7 Å². The van der Waals surface area contributed by atoms with Gasteiger partial charge in [0.2, 0.25) is 15.9 Å². The van der Waals surface area contributed by atoms with Crippen molar-refractivity contribution in [1.82, 2.24) is 9.73 Å². The fraction of sp³-hybridized carbons (Fsp3) is 0.300. The van der Waals surface area contributed by atoms with E-state index in [1.54, 1.807) is 42.5 Å². The Hall–Kier alpha value is -1.93. The van der Waals surface area contributed by atoms with Crippen LogP contribution in [-0.4, -0.2) is 37.9 Å². The summed E-state index contributed by atoms with van der Waals surface area (Å²) in [4.78, 5) is 12.6. The predicted octanol–water partition coefficient (Wildman–Crippen LogP) is 3.85. The molecule has 0 atom stereocenters. The van der Waals surface area contributed by atoms with Crippen LogP contribution in [0.2, 0.25) is 10.0 Å². The van der Waals surface area contributed by atoms with Crippen LogP contribution in [0.25, 0.3) is 0 Å². The summed E-state index contributed by atoms with van der Waals surface area (Å²) in [5.74, 6) is -0.543. The van der Waals surface area contributed by atoms with Gasteiger partial charge < -0.3 is 0 Å². The van der Waals surface area contributed by atoms with Crippen LogP contribution in [0, 0.1) is 12.8 Å². The van der Waals surface area contributed by atoms with Gasteiger partial charge in [0.15, 0.2) is 0 Å². The fourth-order valence-corrected chi connectivity index (χ4v) is 4.92. The minimum atomic E-state index is -3.54. The van der Waals surface area contributed by atoms with Gasteiger partial charge in [0.25, 0.3) is 0 Å². The van der Waals surface area contributed by atoms with Crippen LogP contribution in [0.3, 0.4) is 0 Å². The second-order valence-electron chi connectivity index (χ2n) is 6.87. The van der Waals surface area contributed by atoms with Gasteiger partial charge in [0.05, 0.1) is 21.2 Å². The highest BCUT2D eigenvalue weighted by molar-refractivity contribution is 7.89. The highest BCUT2D eigenvalue weighted by Gasteiger charge is 2.32. The van der Waals surface area contributed by atoms with Crippen LogP contribution in [0.4, 0.5) is 0 Å². The van der Waals surface area contributed by atoms with E-state index in [2.05, 4.69) is 10.5 Å². The second-order valence-corrected chi connectivity index (χ2v) is 9.59. The summed E-state index contributed by atoms with van der Waals surface area (Å²) < 4.78 is 26.9. The second kappa shape index (κ2) is 9.26. The maximum absolute atomic E-state index is 12.7. The van der Waals surface area contributed by atoms with E-state index in [0.717, 1.165) is 5.56 Å². The summed E-state index contributed by atoms with van der Waals surface area (Å²) in [5, 5.41) is 4.71. The monoisotopic (exact) mass is 453 g/mol. The molecule has 6 nitrogen and oxygen atoms in total. The molecule has 1 amide bonds. The van der Waals surface area contributed by atoms with Crippen LogP contribution in [0.15, 0.2) is 52.5 Å². The van der Waals surface area contributed by atoms with E-state index in [9.17, 15) is 13.2 Å². The van der Waals surface area contributed by atoms with E-state index in [4.69, 9.17) is 23.2 Å². The van der Waals surface area contributed by atoms with E-state index < -0.39 is 10.0 Å². The number of piperidine rings is 1. The molecule has 1 fully saturated rings. The van der Waals surface area contributed by atoms with Gasteiger partial charge in [-0.2, -0.15) is 9.41 Å². The van der Waals surface area contributed by atoms with Crippen LogP contribution >= 0.6 is 23.2 Å². The highest BCUT2D eigenvalue weighted by atomic mass is 35.5. The lowest BCUT2D eigenvalue weighted by atomic mass is 9.98. The van der Waals surface area contributed by atoms with E-state index in [1.807, 2.05) is 6.92 Å². The number of sulfonamides is 1. The summed E-state index contributed by atoms with van der Waals surface area (Å²) >= 11 is 12.0. The normalized spacial score (nSPS) is 16.2. The summed E-state index contributed by atoms with van der Waals surface area (Å²) in [6, 6.07) is 11.9. The number of hydrogen-bond acceptors (Lipinski definition) is 4. The Labute approximate surface area is 180 Å². The van der Waals surface area contributed by atoms with E-state index in [1.165, 1.54) is 10.5 Å². The van der Waals surface area contributed by atoms with Crippen LogP contribution < -0.4 is 5.43 Å². The molecule has 9 heteroatoms. The molecular formula is C20H21Cl2N3O3S. The van der Waals surface area contributed by atoms with Crippen molar-refractivity contribution in [3.63, 3.8) is 0 Å². The Kier molecular flexibility index (Phi) is 6.95. The van der Waals surface area contributed by atoms with Crippen LogP contribution in [-0.2, 0) is 14.8 Å². The molecule has 2 aromatic carbocycles. The fourth-order valence-electron chi connectivity index (χ4n) is 3.09. The van der Waals surface area contributed by atoms with Gasteiger partial charge >= 0.3 is 0 Å². The third-order valence-electron chi connectivity index (χ3n) is 4.84. The summed E-state index contributed by atoms with van der Waals surface area (Å²) in [7, 11) is -3.54. The van der Waals surface area contributed by atoms with Gasteiger partial charge in [-0.15, -0.1) is 0 Å². The third kappa shape index (κ3) is 5.17. The molecular weight excluding hydrogens is 433 g/mol. The lowest BCUT2D eigenvalue weighted by Gasteiger charge is -2.30. The molecule has 3 rings (SSSR count). The number of nitrogens with one attached hydrogen (secondary N) is 1. The number of halogens is 2. The summed E-state index contributed by atoms with van der Waals surface area (Å²) in [6.07, 6.45) is 2.30. The topological polar surface area (TPSA) is 78.8 Å². The molecule has 0 unspecified atom stereocenters. The molecule has 0 spiro atoms. The van der Waals surface area contributed by atoms with Gasteiger partial charge in [-0.1, -0.05) is 53.0 Å². The first-order chi connectivity index (χ1) is 13.8. The molecule has 0 saturated carbocycles. The van der Waals surface area contributed by atoms with Crippen molar-refractivity contribution >= 4 is 45.3 Å². The van der Waals surface area contributed by atoms with Crippen molar-refractivity contribution in [2.75, 3.05) is 13.1 Å². The zero-order valence-corrected chi connectivity index (χ0v) is 18.1. The number of carbonyl (C=O) groups is 1. The van der Waals surface area contributed by atoms with Gasteiger partial charge in [0, 0.05) is 24.6 Å². The molecule has 0 radical (unpaired) electrons. The number of carbonyl (C=O) groups excluding carboxylic acids is 1. The molecule has 1 heterocycles. The van der Waals surface area contributed by atoms with Crippen molar-refractivity contribution in [1.29, 1.82) is 0 Å². The zero-order chi connectivity index (χ0) is 21.0. The molecule has 29 heavy (non-hydrogen) atoms. The average Bonchev–Trinajstić information content (AvgIpc) is 2.71. The van der Waals surface area contributed by atoms with Crippen LogP contribution in [0.1, 0.15) is 24.0 Å². The van der Waals surface area contributed by atoms with Crippen LogP contribution in [0.5, 0.6) is 0 Å². The molecule has 1 aliphatic heterocycles. The quantitative estimate of drug-likeness (QED) is 0.551. The first kappa shape index (κ1) is 21.8. The van der Waals surface area contributed by atoms with Crippen molar-refractivity contribution in [2.24, 2.45) is 11.0 Å². The molecule has 2 aromatic rings. The SMILES string of the molecule is Cc1ccc(S(=O)(=O)N2CCC(C(=O)N/N=C\c3cccc(Cl)c3Cl)CC2)cc1. The largest absolute Gasteiger partial charge is 0.273 e. The number of nitrogens with zero attached hydrogens (tertiary/aromatic N) is 2. The van der Waals surface area contributed by atoms with Gasteiger partial charge in [-0.3, -0.25) is 4.79 Å². The maximum atomic E-state index is 12.7. The van der Waals surface area contributed by atoms with E-state index >= 15 is 0 Å². The third-order valence-corrected chi connectivity index (χ3v) is 7.59. The number of hydrazone groups is 1. The maximum Gasteiger partial charge on any atom is 0.243 e.